The molecule has 3 aliphatic rings. The summed E-state index contributed by atoms with van der Waals surface area (Å²) in [6.07, 6.45) is 13.6. The van der Waals surface area contributed by atoms with Crippen molar-refractivity contribution in [3.05, 3.63) is 0 Å². The van der Waals surface area contributed by atoms with Crippen molar-refractivity contribution >= 4 is 0 Å². The summed E-state index contributed by atoms with van der Waals surface area (Å²) in [4.78, 5) is 2.35. The largest absolute Gasteiger partial charge is 0.377 e. The first-order chi connectivity index (χ1) is 14.2. The Morgan fingerprint density at radius 2 is 1.63 bits per heavy atom. The molecular weight excluding hydrogens is 368 g/mol. The van der Waals surface area contributed by atoms with E-state index in [-0.39, 0.29) is 12.3 Å². The molecule has 0 aromatic rings. The number of hydrogen-bond donors (Lipinski definition) is 2. The molecule has 4 unspecified atom stereocenters. The van der Waals surface area contributed by atoms with Crippen LogP contribution in [0, 0.1) is 35.0 Å². The molecule has 1 heterocycles. The first kappa shape index (κ1) is 24.5. The first-order valence-electron chi connectivity index (χ1n) is 13.3. The monoisotopic (exact) mass is 420 g/mol. The standard InChI is InChI=1S/C27H52N2O/c1-19(2)25(26(30)29-16-8-15-27(5,6)18-29)28-21(4)23-9-7-10-24(17-23)22-13-11-20(3)12-14-22/h19-26,28,30H,7-18H2,1-6H3/t20?,21?,22?,23?,24?,25-,26?/m1/s1. The van der Waals surface area contributed by atoms with Crippen LogP contribution < -0.4 is 5.32 Å². The summed E-state index contributed by atoms with van der Waals surface area (Å²) < 4.78 is 0. The minimum atomic E-state index is -0.369. The molecule has 2 saturated carbocycles. The van der Waals surface area contributed by atoms with Gasteiger partial charge in [-0.3, -0.25) is 4.90 Å². The fourth-order valence-corrected chi connectivity index (χ4v) is 6.89. The van der Waals surface area contributed by atoms with Crippen molar-refractivity contribution in [2.75, 3.05) is 13.1 Å². The summed E-state index contributed by atoms with van der Waals surface area (Å²) in [7, 11) is 0. The van der Waals surface area contributed by atoms with Gasteiger partial charge in [-0.1, -0.05) is 60.3 Å². The zero-order valence-electron chi connectivity index (χ0n) is 21.0. The third-order valence-corrected chi connectivity index (χ3v) is 8.99. The highest BCUT2D eigenvalue weighted by atomic mass is 16.3. The van der Waals surface area contributed by atoms with Crippen LogP contribution in [0.15, 0.2) is 0 Å². The lowest BCUT2D eigenvalue weighted by atomic mass is 9.68. The van der Waals surface area contributed by atoms with Crippen LogP contribution >= 0.6 is 0 Å². The van der Waals surface area contributed by atoms with Gasteiger partial charge in [-0.2, -0.15) is 0 Å². The predicted octanol–water partition coefficient (Wildman–Crippen LogP) is 6.06. The maximum absolute atomic E-state index is 11.3. The van der Waals surface area contributed by atoms with Crippen molar-refractivity contribution in [1.82, 2.24) is 10.2 Å². The molecule has 0 radical (unpaired) electrons. The van der Waals surface area contributed by atoms with E-state index in [0.717, 1.165) is 36.8 Å². The summed E-state index contributed by atoms with van der Waals surface area (Å²) in [6, 6.07) is 0.653. The van der Waals surface area contributed by atoms with Gasteiger partial charge in [0.05, 0.1) is 0 Å². The van der Waals surface area contributed by atoms with Crippen LogP contribution in [0.4, 0.5) is 0 Å². The van der Waals surface area contributed by atoms with Crippen molar-refractivity contribution in [2.45, 2.75) is 124 Å². The van der Waals surface area contributed by atoms with Gasteiger partial charge >= 0.3 is 0 Å². The smallest absolute Gasteiger partial charge is 0.123 e. The average Bonchev–Trinajstić information content (AvgIpc) is 2.71. The van der Waals surface area contributed by atoms with Crippen LogP contribution in [0.25, 0.3) is 0 Å². The van der Waals surface area contributed by atoms with E-state index in [1.807, 2.05) is 0 Å². The second kappa shape index (κ2) is 10.7. The number of hydrogen-bond acceptors (Lipinski definition) is 3. The maximum atomic E-state index is 11.3. The van der Waals surface area contributed by atoms with Gasteiger partial charge in [0.1, 0.15) is 6.23 Å². The number of nitrogens with zero attached hydrogens (tertiary/aromatic N) is 1. The Bertz CT molecular complexity index is 511. The molecule has 0 aromatic heterocycles. The summed E-state index contributed by atoms with van der Waals surface area (Å²) >= 11 is 0. The van der Waals surface area contributed by atoms with E-state index in [1.54, 1.807) is 0 Å². The molecule has 0 spiro atoms. The molecule has 0 aromatic carbocycles. The van der Waals surface area contributed by atoms with Crippen molar-refractivity contribution in [3.63, 3.8) is 0 Å². The van der Waals surface area contributed by atoms with Gasteiger partial charge in [0.15, 0.2) is 0 Å². The van der Waals surface area contributed by atoms with Gasteiger partial charge in [0.25, 0.3) is 0 Å². The minimum Gasteiger partial charge on any atom is -0.377 e. The molecule has 3 heteroatoms. The predicted molar refractivity (Wildman–Crippen MR) is 128 cm³/mol. The molecule has 2 N–H and O–H groups in total. The van der Waals surface area contributed by atoms with Crippen molar-refractivity contribution in [2.24, 2.45) is 35.0 Å². The molecule has 1 aliphatic heterocycles. The van der Waals surface area contributed by atoms with Gasteiger partial charge in [0, 0.05) is 25.2 Å². The quantitative estimate of drug-likeness (QED) is 0.525. The van der Waals surface area contributed by atoms with Gasteiger partial charge in [-0.05, 0) is 80.5 Å². The third-order valence-electron chi connectivity index (χ3n) is 8.99. The highest BCUT2D eigenvalue weighted by molar-refractivity contribution is 4.90. The molecule has 176 valence electrons. The van der Waals surface area contributed by atoms with Crippen LogP contribution in [0.1, 0.15) is 106 Å². The van der Waals surface area contributed by atoms with Gasteiger partial charge in [-0.25, -0.2) is 0 Å². The van der Waals surface area contributed by atoms with Crippen molar-refractivity contribution < 1.29 is 5.11 Å². The number of nitrogens with one attached hydrogen (secondary N) is 1. The Morgan fingerprint density at radius 3 is 2.27 bits per heavy atom. The number of aliphatic hydroxyl groups is 1. The second-order valence-corrected chi connectivity index (χ2v) is 12.6. The van der Waals surface area contributed by atoms with Crippen LogP contribution in [0.3, 0.4) is 0 Å². The molecule has 0 bridgehead atoms. The Hall–Kier alpha value is -0.120. The van der Waals surface area contributed by atoms with E-state index in [0.29, 0.717) is 17.4 Å². The van der Waals surface area contributed by atoms with E-state index >= 15 is 0 Å². The van der Waals surface area contributed by atoms with E-state index < -0.39 is 0 Å². The van der Waals surface area contributed by atoms with Gasteiger partial charge in [0.2, 0.25) is 0 Å². The Labute approximate surface area is 187 Å². The molecular formula is C27H52N2O. The number of piperidine rings is 1. The van der Waals surface area contributed by atoms with Crippen LogP contribution in [-0.4, -0.2) is 41.4 Å². The topological polar surface area (TPSA) is 35.5 Å². The Balaban J connectivity index is 1.57. The molecule has 0 amide bonds. The number of likely N-dealkylation sites (tertiary alicyclic amines) is 1. The zero-order chi connectivity index (χ0) is 21.9. The van der Waals surface area contributed by atoms with Gasteiger partial charge in [-0.15, -0.1) is 0 Å². The minimum absolute atomic E-state index is 0.157. The zero-order valence-corrected chi connectivity index (χ0v) is 21.0. The lowest BCUT2D eigenvalue weighted by molar-refractivity contribution is -0.0716. The van der Waals surface area contributed by atoms with Crippen LogP contribution in [0.5, 0.6) is 0 Å². The number of rotatable bonds is 7. The summed E-state index contributed by atoms with van der Waals surface area (Å²) in [5.41, 5.74) is 0.320. The van der Waals surface area contributed by atoms with Crippen molar-refractivity contribution in [3.8, 4) is 0 Å². The number of aliphatic hydroxyl groups excluding tert-OH is 1. The summed E-state index contributed by atoms with van der Waals surface area (Å²) in [6.45, 7) is 16.1. The maximum Gasteiger partial charge on any atom is 0.123 e. The second-order valence-electron chi connectivity index (χ2n) is 12.6. The SMILES string of the molecule is CC1CCC(C2CCCC(C(C)N[C@H](C(C)C)C(O)N3CCCC(C)(C)C3)C2)CC1. The molecule has 1 saturated heterocycles. The fraction of sp³-hybridized carbons (Fsp3) is 1.00. The highest BCUT2D eigenvalue weighted by Gasteiger charge is 2.37. The Morgan fingerprint density at radius 1 is 0.933 bits per heavy atom. The molecule has 3 nitrogen and oxygen atoms in total. The van der Waals surface area contributed by atoms with E-state index in [9.17, 15) is 5.11 Å². The van der Waals surface area contributed by atoms with E-state index in [4.69, 9.17) is 0 Å². The van der Waals surface area contributed by atoms with Crippen LogP contribution in [0.2, 0.25) is 0 Å². The van der Waals surface area contributed by atoms with E-state index in [1.165, 1.54) is 64.2 Å². The molecule has 3 fully saturated rings. The van der Waals surface area contributed by atoms with Crippen LogP contribution in [-0.2, 0) is 0 Å². The summed E-state index contributed by atoms with van der Waals surface area (Å²) in [5.74, 6) is 4.10. The van der Waals surface area contributed by atoms with E-state index in [2.05, 4.69) is 51.8 Å². The lowest BCUT2D eigenvalue weighted by Crippen LogP contribution is -2.58. The van der Waals surface area contributed by atoms with Gasteiger partial charge < -0.3 is 10.4 Å². The summed E-state index contributed by atoms with van der Waals surface area (Å²) in [5, 5.41) is 15.3. The normalized spacial score (nSPS) is 36.4. The molecule has 3 rings (SSSR count). The highest BCUT2D eigenvalue weighted by Crippen LogP contribution is 2.42. The average molecular weight is 421 g/mol. The molecule has 30 heavy (non-hydrogen) atoms. The van der Waals surface area contributed by atoms with Crippen molar-refractivity contribution in [1.29, 1.82) is 0 Å². The molecule has 5 atom stereocenters. The third kappa shape index (κ3) is 6.45. The fourth-order valence-electron chi connectivity index (χ4n) is 6.89. The first-order valence-corrected chi connectivity index (χ1v) is 13.3. The Kier molecular flexibility index (Phi) is 8.72. The molecule has 2 aliphatic carbocycles. The lowest BCUT2D eigenvalue weighted by Gasteiger charge is -2.45.